The molecule has 7 nitrogen and oxygen atoms in total. The summed E-state index contributed by atoms with van der Waals surface area (Å²) in [6, 6.07) is 12.3. The van der Waals surface area contributed by atoms with Crippen molar-refractivity contribution in [2.24, 2.45) is 0 Å². The quantitative estimate of drug-likeness (QED) is 0.808. The van der Waals surface area contributed by atoms with Gasteiger partial charge in [0.25, 0.3) is 11.8 Å². The molecule has 1 N–H and O–H groups in total. The summed E-state index contributed by atoms with van der Waals surface area (Å²) >= 11 is 0. The topological polar surface area (TPSA) is 71.1 Å². The Hall–Kier alpha value is -3.06. The van der Waals surface area contributed by atoms with Gasteiger partial charge in [0.2, 0.25) is 0 Å². The number of nitrogens with one attached hydrogen (secondary N) is 1. The lowest BCUT2D eigenvalue weighted by Gasteiger charge is -2.32. The van der Waals surface area contributed by atoms with E-state index < -0.39 is 0 Å². The fourth-order valence-corrected chi connectivity index (χ4v) is 3.23. The van der Waals surface area contributed by atoms with Crippen LogP contribution < -0.4 is 14.8 Å². The van der Waals surface area contributed by atoms with Crippen molar-refractivity contribution in [1.29, 1.82) is 0 Å². The Morgan fingerprint density at radius 3 is 2.14 bits per heavy atom. The molecular formula is C22H27N3O4. The summed E-state index contributed by atoms with van der Waals surface area (Å²) in [6.45, 7) is 3.57. The van der Waals surface area contributed by atoms with Gasteiger partial charge in [-0.25, -0.2) is 0 Å². The normalized spacial score (nSPS) is 14.4. The van der Waals surface area contributed by atoms with E-state index in [4.69, 9.17) is 9.47 Å². The van der Waals surface area contributed by atoms with Crippen molar-refractivity contribution < 1.29 is 19.1 Å². The molecule has 0 saturated carbocycles. The molecule has 1 fully saturated rings. The third-order valence-electron chi connectivity index (χ3n) is 5.09. The van der Waals surface area contributed by atoms with Crippen LogP contribution in [0.25, 0.3) is 0 Å². The van der Waals surface area contributed by atoms with Crippen LogP contribution in [0.3, 0.4) is 0 Å². The van der Waals surface area contributed by atoms with Crippen LogP contribution in [-0.4, -0.2) is 69.1 Å². The predicted octanol–water partition coefficient (Wildman–Crippen LogP) is 2.02. The molecule has 1 aliphatic rings. The van der Waals surface area contributed by atoms with Crippen molar-refractivity contribution in [2.75, 3.05) is 47.4 Å². The molecule has 0 radical (unpaired) electrons. The Labute approximate surface area is 171 Å². The Bertz CT molecular complexity index is 859. The summed E-state index contributed by atoms with van der Waals surface area (Å²) in [4.78, 5) is 29.1. The maximum Gasteiger partial charge on any atom is 0.253 e. The lowest BCUT2D eigenvalue weighted by Crippen LogP contribution is -2.47. The molecule has 3 rings (SSSR count). The predicted molar refractivity (Wildman–Crippen MR) is 111 cm³/mol. The standard InChI is InChI=1S/C22H27N3O4/c1-24-10-12-25(13-11-24)22(27)18-7-5-17(6-8-18)21(26)23-15-16-4-9-19(28-2)20(14-16)29-3/h4-9,14H,10-13,15H2,1-3H3,(H,23,26). The SMILES string of the molecule is COc1ccc(CNC(=O)c2ccc(C(=O)N3CCN(C)CC3)cc2)cc1OC. The first-order chi connectivity index (χ1) is 14.0. The summed E-state index contributed by atoms with van der Waals surface area (Å²) in [5, 5.41) is 2.88. The van der Waals surface area contributed by atoms with Crippen molar-refractivity contribution in [1.82, 2.24) is 15.1 Å². The maximum absolute atomic E-state index is 12.6. The fourth-order valence-electron chi connectivity index (χ4n) is 3.23. The molecule has 1 saturated heterocycles. The highest BCUT2D eigenvalue weighted by Gasteiger charge is 2.20. The molecule has 7 heteroatoms. The van der Waals surface area contributed by atoms with Crippen molar-refractivity contribution in [3.8, 4) is 11.5 Å². The van der Waals surface area contributed by atoms with Crippen LogP contribution in [0.15, 0.2) is 42.5 Å². The molecule has 2 amide bonds. The number of carbonyl (C=O) groups is 2. The van der Waals surface area contributed by atoms with Gasteiger partial charge in [0.15, 0.2) is 11.5 Å². The van der Waals surface area contributed by atoms with Crippen LogP contribution in [-0.2, 0) is 6.54 Å². The van der Waals surface area contributed by atoms with Gasteiger partial charge in [-0.2, -0.15) is 0 Å². The largest absolute Gasteiger partial charge is 0.493 e. The average molecular weight is 397 g/mol. The third kappa shape index (κ3) is 5.06. The highest BCUT2D eigenvalue weighted by atomic mass is 16.5. The molecule has 0 aromatic heterocycles. The minimum Gasteiger partial charge on any atom is -0.493 e. The van der Waals surface area contributed by atoms with Gasteiger partial charge in [0.05, 0.1) is 14.2 Å². The highest BCUT2D eigenvalue weighted by molar-refractivity contribution is 5.97. The second kappa shape index (κ2) is 9.43. The molecular weight excluding hydrogens is 370 g/mol. The van der Waals surface area contributed by atoms with Crippen molar-refractivity contribution in [3.63, 3.8) is 0 Å². The Morgan fingerprint density at radius 2 is 1.52 bits per heavy atom. The van der Waals surface area contributed by atoms with Crippen LogP contribution in [0.4, 0.5) is 0 Å². The fraction of sp³-hybridized carbons (Fsp3) is 0.364. The minimum absolute atomic E-state index is 0.00962. The number of nitrogens with zero attached hydrogens (tertiary/aromatic N) is 2. The zero-order chi connectivity index (χ0) is 20.8. The Balaban J connectivity index is 1.58. The molecule has 0 unspecified atom stereocenters. The number of amides is 2. The van der Waals surface area contributed by atoms with E-state index in [1.54, 1.807) is 44.6 Å². The first-order valence-corrected chi connectivity index (χ1v) is 9.59. The zero-order valence-corrected chi connectivity index (χ0v) is 17.1. The first kappa shape index (κ1) is 20.7. The van der Waals surface area contributed by atoms with E-state index in [-0.39, 0.29) is 11.8 Å². The zero-order valence-electron chi connectivity index (χ0n) is 17.1. The highest BCUT2D eigenvalue weighted by Crippen LogP contribution is 2.27. The third-order valence-corrected chi connectivity index (χ3v) is 5.09. The second-order valence-electron chi connectivity index (χ2n) is 7.04. The second-order valence-corrected chi connectivity index (χ2v) is 7.04. The van der Waals surface area contributed by atoms with Gasteiger partial charge in [-0.1, -0.05) is 6.07 Å². The number of benzene rings is 2. The molecule has 0 bridgehead atoms. The number of likely N-dealkylation sites (N-methyl/N-ethyl adjacent to an activating group) is 1. The number of ether oxygens (including phenoxy) is 2. The van der Waals surface area contributed by atoms with E-state index in [1.165, 1.54) is 0 Å². The molecule has 0 atom stereocenters. The van der Waals surface area contributed by atoms with Crippen LogP contribution in [0, 0.1) is 0 Å². The molecule has 154 valence electrons. The van der Waals surface area contributed by atoms with Crippen molar-refractivity contribution in [2.45, 2.75) is 6.54 Å². The first-order valence-electron chi connectivity index (χ1n) is 9.59. The molecule has 0 aliphatic carbocycles. The Morgan fingerprint density at radius 1 is 0.897 bits per heavy atom. The summed E-state index contributed by atoms with van der Waals surface area (Å²) < 4.78 is 10.5. The number of piperazine rings is 1. The number of hydrogen-bond acceptors (Lipinski definition) is 5. The number of rotatable bonds is 6. The van der Waals surface area contributed by atoms with Gasteiger partial charge in [-0.05, 0) is 49.0 Å². The molecule has 2 aromatic carbocycles. The maximum atomic E-state index is 12.6. The van der Waals surface area contributed by atoms with E-state index in [0.29, 0.717) is 29.2 Å². The molecule has 2 aromatic rings. The van der Waals surface area contributed by atoms with Gasteiger partial charge >= 0.3 is 0 Å². The lowest BCUT2D eigenvalue weighted by atomic mass is 10.1. The van der Waals surface area contributed by atoms with Crippen molar-refractivity contribution in [3.05, 3.63) is 59.2 Å². The van der Waals surface area contributed by atoms with Gasteiger partial charge in [-0.15, -0.1) is 0 Å². The minimum atomic E-state index is -0.196. The van der Waals surface area contributed by atoms with Gasteiger partial charge in [0.1, 0.15) is 0 Å². The van der Waals surface area contributed by atoms with Gasteiger partial charge in [0, 0.05) is 43.9 Å². The van der Waals surface area contributed by atoms with Crippen LogP contribution in [0.2, 0.25) is 0 Å². The van der Waals surface area contributed by atoms with E-state index in [2.05, 4.69) is 17.3 Å². The van der Waals surface area contributed by atoms with Crippen LogP contribution in [0.1, 0.15) is 26.3 Å². The van der Waals surface area contributed by atoms with Gasteiger partial charge in [-0.3, -0.25) is 9.59 Å². The summed E-state index contributed by atoms with van der Waals surface area (Å²) in [5.41, 5.74) is 2.02. The molecule has 1 aliphatic heterocycles. The van der Waals surface area contributed by atoms with E-state index in [9.17, 15) is 9.59 Å². The number of methoxy groups -OCH3 is 2. The monoisotopic (exact) mass is 397 g/mol. The molecule has 1 heterocycles. The van der Waals surface area contributed by atoms with E-state index in [0.717, 1.165) is 31.7 Å². The van der Waals surface area contributed by atoms with Gasteiger partial charge < -0.3 is 24.6 Å². The smallest absolute Gasteiger partial charge is 0.253 e. The summed E-state index contributed by atoms with van der Waals surface area (Å²) in [6.07, 6.45) is 0. The van der Waals surface area contributed by atoms with E-state index in [1.807, 2.05) is 17.0 Å². The van der Waals surface area contributed by atoms with Crippen molar-refractivity contribution >= 4 is 11.8 Å². The van der Waals surface area contributed by atoms with E-state index >= 15 is 0 Å². The number of carbonyl (C=O) groups excluding carboxylic acids is 2. The molecule has 29 heavy (non-hydrogen) atoms. The molecule has 0 spiro atoms. The Kier molecular flexibility index (Phi) is 6.72. The van der Waals surface area contributed by atoms with Crippen LogP contribution in [0.5, 0.6) is 11.5 Å². The lowest BCUT2D eigenvalue weighted by molar-refractivity contribution is 0.0663. The average Bonchev–Trinajstić information content (AvgIpc) is 2.77. The number of hydrogen-bond donors (Lipinski definition) is 1. The summed E-state index contributed by atoms with van der Waals surface area (Å²) in [7, 11) is 5.21. The van der Waals surface area contributed by atoms with Crippen LogP contribution >= 0.6 is 0 Å². The summed E-state index contributed by atoms with van der Waals surface area (Å²) in [5.74, 6) is 1.07.